The average Bonchev–Trinajstić information content (AvgIpc) is 3.18. The molecule has 1 saturated heterocycles. The molecule has 1 atom stereocenters. The Labute approximate surface area is 161 Å². The lowest BCUT2D eigenvalue weighted by atomic mass is 10.1. The van der Waals surface area contributed by atoms with Gasteiger partial charge in [0.05, 0.1) is 12.3 Å². The van der Waals surface area contributed by atoms with Crippen LogP contribution in [0.5, 0.6) is 0 Å². The molecule has 0 spiro atoms. The van der Waals surface area contributed by atoms with E-state index in [9.17, 15) is 4.79 Å². The van der Waals surface area contributed by atoms with Crippen molar-refractivity contribution in [3.05, 3.63) is 41.0 Å². The third-order valence-electron chi connectivity index (χ3n) is 5.15. The Morgan fingerprint density at radius 1 is 1.26 bits per heavy atom. The number of aromatic nitrogens is 3. The molecule has 2 aromatic rings. The third kappa shape index (κ3) is 4.38. The van der Waals surface area contributed by atoms with E-state index in [1.54, 1.807) is 7.11 Å². The van der Waals surface area contributed by atoms with Crippen molar-refractivity contribution < 1.29 is 9.53 Å². The molecule has 1 aliphatic heterocycles. The number of benzene rings is 1. The van der Waals surface area contributed by atoms with Crippen LogP contribution in [0.4, 0.5) is 0 Å². The SMILES string of the molecule is COCCN1C[C@H](c2nc(CC(C)C)nn2-c2ccc(C)c(C)c2)CC1=O. The van der Waals surface area contributed by atoms with Crippen molar-refractivity contribution in [3.63, 3.8) is 0 Å². The van der Waals surface area contributed by atoms with E-state index in [4.69, 9.17) is 14.8 Å². The summed E-state index contributed by atoms with van der Waals surface area (Å²) >= 11 is 0. The quantitative estimate of drug-likeness (QED) is 0.752. The highest BCUT2D eigenvalue weighted by Gasteiger charge is 2.34. The highest BCUT2D eigenvalue weighted by atomic mass is 16.5. The number of amides is 1. The predicted octanol–water partition coefficient (Wildman–Crippen LogP) is 3.04. The van der Waals surface area contributed by atoms with Crippen LogP contribution < -0.4 is 0 Å². The second-order valence-electron chi connectivity index (χ2n) is 7.90. The minimum Gasteiger partial charge on any atom is -0.383 e. The van der Waals surface area contributed by atoms with Crippen LogP contribution in [0.2, 0.25) is 0 Å². The molecule has 1 aromatic carbocycles. The second-order valence-corrected chi connectivity index (χ2v) is 7.90. The standard InChI is InChI=1S/C21H30N4O2/c1-14(2)10-19-22-21(17-12-20(26)24(13-17)8-9-27-5)25(23-19)18-7-6-15(3)16(4)11-18/h6-7,11,14,17H,8-10,12-13H2,1-5H3/t17-/m1/s1. The van der Waals surface area contributed by atoms with Gasteiger partial charge in [-0.25, -0.2) is 9.67 Å². The molecular weight excluding hydrogens is 340 g/mol. The van der Waals surface area contributed by atoms with Crippen molar-refractivity contribution in [2.45, 2.75) is 46.5 Å². The Morgan fingerprint density at radius 3 is 2.70 bits per heavy atom. The summed E-state index contributed by atoms with van der Waals surface area (Å²) in [4.78, 5) is 19.1. The summed E-state index contributed by atoms with van der Waals surface area (Å²) in [6.07, 6.45) is 1.31. The lowest BCUT2D eigenvalue weighted by Crippen LogP contribution is -2.28. The van der Waals surface area contributed by atoms with E-state index in [-0.39, 0.29) is 11.8 Å². The molecule has 1 aliphatic rings. The Balaban J connectivity index is 1.94. The van der Waals surface area contributed by atoms with Crippen molar-refractivity contribution in [1.29, 1.82) is 0 Å². The summed E-state index contributed by atoms with van der Waals surface area (Å²) in [6.45, 7) is 10.4. The molecule has 27 heavy (non-hydrogen) atoms. The molecule has 6 nitrogen and oxygen atoms in total. The Morgan fingerprint density at radius 2 is 2.04 bits per heavy atom. The fourth-order valence-electron chi connectivity index (χ4n) is 3.49. The zero-order chi connectivity index (χ0) is 19.6. The predicted molar refractivity (Wildman–Crippen MR) is 105 cm³/mol. The first-order valence-electron chi connectivity index (χ1n) is 9.69. The van der Waals surface area contributed by atoms with E-state index in [0.717, 1.165) is 23.8 Å². The fraction of sp³-hybridized carbons (Fsp3) is 0.571. The van der Waals surface area contributed by atoms with Gasteiger partial charge in [-0.3, -0.25) is 4.79 Å². The number of carbonyl (C=O) groups excluding carboxylic acids is 1. The van der Waals surface area contributed by atoms with Crippen LogP contribution in [-0.4, -0.2) is 52.4 Å². The van der Waals surface area contributed by atoms with Gasteiger partial charge >= 0.3 is 0 Å². The van der Waals surface area contributed by atoms with E-state index in [0.29, 0.717) is 32.0 Å². The summed E-state index contributed by atoms with van der Waals surface area (Å²) in [5.74, 6) is 2.45. The van der Waals surface area contributed by atoms with E-state index in [2.05, 4.69) is 45.9 Å². The fourth-order valence-corrected chi connectivity index (χ4v) is 3.49. The van der Waals surface area contributed by atoms with Gasteiger partial charge in [-0.1, -0.05) is 19.9 Å². The Kier molecular flexibility index (Phi) is 5.95. The van der Waals surface area contributed by atoms with Gasteiger partial charge in [-0.15, -0.1) is 0 Å². The summed E-state index contributed by atoms with van der Waals surface area (Å²) in [6, 6.07) is 6.34. The average molecular weight is 370 g/mol. The van der Waals surface area contributed by atoms with Crippen molar-refractivity contribution in [2.24, 2.45) is 5.92 Å². The minimum atomic E-state index is 0.0596. The van der Waals surface area contributed by atoms with E-state index < -0.39 is 0 Å². The molecule has 0 radical (unpaired) electrons. The number of carbonyl (C=O) groups is 1. The number of hydrogen-bond acceptors (Lipinski definition) is 4. The van der Waals surface area contributed by atoms with Crippen LogP contribution in [0.3, 0.4) is 0 Å². The van der Waals surface area contributed by atoms with Crippen molar-refractivity contribution in [3.8, 4) is 5.69 Å². The maximum atomic E-state index is 12.4. The molecule has 0 saturated carbocycles. The summed E-state index contributed by atoms with van der Waals surface area (Å²) in [5, 5.41) is 4.80. The van der Waals surface area contributed by atoms with Crippen LogP contribution in [-0.2, 0) is 16.0 Å². The number of ether oxygens (including phenoxy) is 1. The zero-order valence-corrected chi connectivity index (χ0v) is 17.0. The van der Waals surface area contributed by atoms with Gasteiger partial charge < -0.3 is 9.64 Å². The first kappa shape index (κ1) is 19.5. The Hall–Kier alpha value is -2.21. The number of nitrogens with zero attached hydrogens (tertiary/aromatic N) is 4. The first-order valence-corrected chi connectivity index (χ1v) is 9.69. The highest BCUT2D eigenvalue weighted by Crippen LogP contribution is 2.29. The van der Waals surface area contributed by atoms with Crippen LogP contribution >= 0.6 is 0 Å². The number of rotatable bonds is 7. The van der Waals surface area contributed by atoms with Gasteiger partial charge in [0.15, 0.2) is 5.82 Å². The molecule has 0 bridgehead atoms. The summed E-state index contributed by atoms with van der Waals surface area (Å²) in [5.41, 5.74) is 3.49. The molecule has 6 heteroatoms. The number of aryl methyl sites for hydroxylation is 2. The summed E-state index contributed by atoms with van der Waals surface area (Å²) in [7, 11) is 1.66. The van der Waals surface area contributed by atoms with Gasteiger partial charge in [0.1, 0.15) is 5.82 Å². The number of methoxy groups -OCH3 is 1. The van der Waals surface area contributed by atoms with Crippen LogP contribution in [0.15, 0.2) is 18.2 Å². The molecular formula is C21H30N4O2. The largest absolute Gasteiger partial charge is 0.383 e. The third-order valence-corrected chi connectivity index (χ3v) is 5.15. The van der Waals surface area contributed by atoms with Gasteiger partial charge in [-0.2, -0.15) is 5.10 Å². The van der Waals surface area contributed by atoms with Gasteiger partial charge in [-0.05, 0) is 43.0 Å². The molecule has 0 aliphatic carbocycles. The molecule has 3 rings (SSSR count). The molecule has 1 aromatic heterocycles. The molecule has 146 valence electrons. The molecule has 1 amide bonds. The topological polar surface area (TPSA) is 60.2 Å². The second kappa shape index (κ2) is 8.21. The van der Waals surface area contributed by atoms with Crippen LogP contribution in [0.1, 0.15) is 49.0 Å². The molecule has 1 fully saturated rings. The maximum absolute atomic E-state index is 12.4. The van der Waals surface area contributed by atoms with E-state index >= 15 is 0 Å². The van der Waals surface area contributed by atoms with Gasteiger partial charge in [0, 0.05) is 39.0 Å². The minimum absolute atomic E-state index is 0.0596. The highest BCUT2D eigenvalue weighted by molar-refractivity contribution is 5.79. The van der Waals surface area contributed by atoms with Gasteiger partial charge in [0.2, 0.25) is 5.91 Å². The van der Waals surface area contributed by atoms with Crippen LogP contribution in [0, 0.1) is 19.8 Å². The van der Waals surface area contributed by atoms with E-state index in [1.165, 1.54) is 11.1 Å². The van der Waals surface area contributed by atoms with E-state index in [1.807, 2.05) is 9.58 Å². The maximum Gasteiger partial charge on any atom is 0.223 e. The lowest BCUT2D eigenvalue weighted by molar-refractivity contribution is -0.128. The smallest absolute Gasteiger partial charge is 0.223 e. The monoisotopic (exact) mass is 370 g/mol. The summed E-state index contributed by atoms with van der Waals surface area (Å²) < 4.78 is 7.08. The first-order chi connectivity index (χ1) is 12.9. The van der Waals surface area contributed by atoms with Crippen molar-refractivity contribution >= 4 is 5.91 Å². The number of hydrogen-bond donors (Lipinski definition) is 0. The van der Waals surface area contributed by atoms with Crippen LogP contribution in [0.25, 0.3) is 5.69 Å². The van der Waals surface area contributed by atoms with Crippen molar-refractivity contribution in [1.82, 2.24) is 19.7 Å². The lowest BCUT2D eigenvalue weighted by Gasteiger charge is -2.16. The molecule has 2 heterocycles. The molecule has 0 unspecified atom stereocenters. The van der Waals surface area contributed by atoms with Crippen molar-refractivity contribution in [2.75, 3.05) is 26.8 Å². The Bertz CT molecular complexity index is 813. The van der Waals surface area contributed by atoms with Gasteiger partial charge in [0.25, 0.3) is 0 Å². The zero-order valence-electron chi connectivity index (χ0n) is 17.0. The normalized spacial score (nSPS) is 17.3. The number of likely N-dealkylation sites (tertiary alicyclic amines) is 1. The molecule has 0 N–H and O–H groups in total.